The molecule has 1 fully saturated rings. The summed E-state index contributed by atoms with van der Waals surface area (Å²) in [6.07, 6.45) is 9.84. The second-order valence-electron chi connectivity index (χ2n) is 6.18. The molecule has 1 N–H and O–H groups in total. The Morgan fingerprint density at radius 2 is 2.29 bits per heavy atom. The van der Waals surface area contributed by atoms with Gasteiger partial charge in [-0.2, -0.15) is 10.2 Å². The molecule has 1 aliphatic heterocycles. The number of likely N-dealkylation sites (tertiary alicyclic amines) is 1. The average Bonchev–Trinajstić information content (AvgIpc) is 3.09. The van der Waals surface area contributed by atoms with Gasteiger partial charge < -0.3 is 0 Å². The van der Waals surface area contributed by atoms with Gasteiger partial charge in [-0.05, 0) is 51.1 Å². The number of aryl methyl sites for hydroxylation is 2. The summed E-state index contributed by atoms with van der Waals surface area (Å²) in [6.45, 7) is 8.62. The molecule has 0 aliphatic carbocycles. The Bertz CT molecular complexity index is 571. The second kappa shape index (κ2) is 6.43. The lowest BCUT2D eigenvalue weighted by Gasteiger charge is -2.32. The van der Waals surface area contributed by atoms with Crippen molar-refractivity contribution in [2.75, 3.05) is 13.1 Å². The van der Waals surface area contributed by atoms with Crippen LogP contribution >= 0.6 is 0 Å². The molecule has 2 aromatic heterocycles. The lowest BCUT2D eigenvalue weighted by molar-refractivity contribution is 0.166. The van der Waals surface area contributed by atoms with Gasteiger partial charge in [0.05, 0.1) is 12.4 Å². The van der Waals surface area contributed by atoms with Crippen molar-refractivity contribution in [2.24, 2.45) is 5.92 Å². The highest BCUT2D eigenvalue weighted by atomic mass is 15.3. The molecule has 1 saturated heterocycles. The van der Waals surface area contributed by atoms with Crippen LogP contribution in [0, 0.1) is 12.8 Å². The first-order chi connectivity index (χ1) is 10.2. The molecule has 1 aliphatic rings. The maximum absolute atomic E-state index is 4.37. The minimum absolute atomic E-state index is 0.735. The number of nitrogens with zero attached hydrogens (tertiary/aromatic N) is 4. The summed E-state index contributed by atoms with van der Waals surface area (Å²) < 4.78 is 2.00. The molecule has 0 saturated carbocycles. The smallest absolute Gasteiger partial charge is 0.0534 e. The molecular weight excluding hydrogens is 262 g/mol. The normalized spacial score (nSPS) is 20.0. The van der Waals surface area contributed by atoms with Gasteiger partial charge in [0.1, 0.15) is 0 Å². The molecule has 0 bridgehead atoms. The maximum Gasteiger partial charge on any atom is 0.0534 e. The Balaban J connectivity index is 1.56. The van der Waals surface area contributed by atoms with Gasteiger partial charge in [-0.15, -0.1) is 0 Å². The molecular formula is C16H25N5. The van der Waals surface area contributed by atoms with Gasteiger partial charge in [-0.3, -0.25) is 14.7 Å². The first-order valence-electron chi connectivity index (χ1n) is 7.97. The number of aromatic nitrogens is 4. The van der Waals surface area contributed by atoms with Gasteiger partial charge in [0.2, 0.25) is 0 Å². The third-order valence-electron chi connectivity index (χ3n) is 4.45. The van der Waals surface area contributed by atoms with Gasteiger partial charge in [0.15, 0.2) is 0 Å². The maximum atomic E-state index is 4.37. The van der Waals surface area contributed by atoms with Crippen LogP contribution in [0.1, 0.15) is 36.6 Å². The van der Waals surface area contributed by atoms with E-state index < -0.39 is 0 Å². The number of hydrogen-bond acceptors (Lipinski definition) is 3. The van der Waals surface area contributed by atoms with Crippen LogP contribution in [0.5, 0.6) is 0 Å². The van der Waals surface area contributed by atoms with Crippen molar-refractivity contribution in [3.05, 3.63) is 35.4 Å². The number of hydrogen-bond donors (Lipinski definition) is 1. The lowest BCUT2D eigenvalue weighted by Crippen LogP contribution is -2.35. The van der Waals surface area contributed by atoms with Crippen molar-refractivity contribution in [3.63, 3.8) is 0 Å². The number of rotatable bonds is 5. The zero-order valence-electron chi connectivity index (χ0n) is 13.0. The Hall–Kier alpha value is -1.62. The predicted octanol–water partition coefficient (Wildman–Crippen LogP) is 2.39. The highest BCUT2D eigenvalue weighted by Gasteiger charge is 2.21. The molecule has 1 atom stereocenters. The van der Waals surface area contributed by atoms with E-state index in [1.165, 1.54) is 42.8 Å². The molecule has 5 nitrogen and oxygen atoms in total. The lowest BCUT2D eigenvalue weighted by atomic mass is 9.92. The second-order valence-corrected chi connectivity index (χ2v) is 6.18. The topological polar surface area (TPSA) is 49.7 Å². The van der Waals surface area contributed by atoms with E-state index >= 15 is 0 Å². The third-order valence-corrected chi connectivity index (χ3v) is 4.45. The van der Waals surface area contributed by atoms with Gasteiger partial charge in [-0.25, -0.2) is 0 Å². The summed E-state index contributed by atoms with van der Waals surface area (Å²) in [7, 11) is 0. The van der Waals surface area contributed by atoms with Crippen LogP contribution in [-0.2, 0) is 19.5 Å². The van der Waals surface area contributed by atoms with Crippen molar-refractivity contribution in [1.82, 2.24) is 24.9 Å². The van der Waals surface area contributed by atoms with E-state index in [9.17, 15) is 0 Å². The van der Waals surface area contributed by atoms with E-state index in [1.54, 1.807) is 0 Å². The first-order valence-corrected chi connectivity index (χ1v) is 7.97. The van der Waals surface area contributed by atoms with Gasteiger partial charge in [0, 0.05) is 37.1 Å². The Morgan fingerprint density at radius 1 is 1.38 bits per heavy atom. The molecule has 0 radical (unpaired) electrons. The van der Waals surface area contributed by atoms with E-state index in [-0.39, 0.29) is 0 Å². The van der Waals surface area contributed by atoms with Crippen LogP contribution in [0.2, 0.25) is 0 Å². The minimum atomic E-state index is 0.735. The molecule has 0 unspecified atom stereocenters. The molecule has 0 amide bonds. The zero-order valence-corrected chi connectivity index (χ0v) is 13.0. The van der Waals surface area contributed by atoms with Crippen molar-refractivity contribution in [1.29, 1.82) is 0 Å². The fraction of sp³-hybridized carbons (Fsp3) is 0.625. The Morgan fingerprint density at radius 3 is 3.00 bits per heavy atom. The van der Waals surface area contributed by atoms with E-state index in [4.69, 9.17) is 0 Å². The fourth-order valence-corrected chi connectivity index (χ4v) is 3.25. The number of H-pyrrole nitrogens is 1. The molecule has 3 heterocycles. The van der Waals surface area contributed by atoms with E-state index in [0.717, 1.165) is 25.4 Å². The van der Waals surface area contributed by atoms with Crippen LogP contribution < -0.4 is 0 Å². The van der Waals surface area contributed by atoms with E-state index in [0.29, 0.717) is 0 Å². The van der Waals surface area contributed by atoms with Crippen LogP contribution in [0.4, 0.5) is 0 Å². The van der Waals surface area contributed by atoms with Gasteiger partial charge in [-0.1, -0.05) is 0 Å². The summed E-state index contributed by atoms with van der Waals surface area (Å²) >= 11 is 0. The zero-order chi connectivity index (χ0) is 14.7. The predicted molar refractivity (Wildman–Crippen MR) is 82.9 cm³/mol. The summed E-state index contributed by atoms with van der Waals surface area (Å²) in [5.41, 5.74) is 3.92. The van der Waals surface area contributed by atoms with Crippen LogP contribution in [0.3, 0.4) is 0 Å². The molecule has 0 spiro atoms. The summed E-state index contributed by atoms with van der Waals surface area (Å²) in [6, 6.07) is 0. The number of nitrogens with one attached hydrogen (secondary N) is 1. The van der Waals surface area contributed by atoms with Gasteiger partial charge in [0.25, 0.3) is 0 Å². The number of aromatic amines is 1. The highest BCUT2D eigenvalue weighted by Crippen LogP contribution is 2.22. The van der Waals surface area contributed by atoms with E-state index in [1.807, 2.05) is 17.1 Å². The molecule has 21 heavy (non-hydrogen) atoms. The summed E-state index contributed by atoms with van der Waals surface area (Å²) in [5, 5.41) is 11.7. The Labute approximate surface area is 126 Å². The third kappa shape index (κ3) is 3.53. The number of piperidine rings is 1. The van der Waals surface area contributed by atoms with Crippen LogP contribution in [-0.4, -0.2) is 38.0 Å². The molecule has 114 valence electrons. The molecule has 2 aromatic rings. The Kier molecular flexibility index (Phi) is 4.39. The van der Waals surface area contributed by atoms with Crippen LogP contribution in [0.25, 0.3) is 0 Å². The van der Waals surface area contributed by atoms with Crippen molar-refractivity contribution in [2.45, 2.75) is 46.2 Å². The summed E-state index contributed by atoms with van der Waals surface area (Å²) in [4.78, 5) is 2.57. The van der Waals surface area contributed by atoms with Crippen molar-refractivity contribution >= 4 is 0 Å². The first kappa shape index (κ1) is 14.3. The quantitative estimate of drug-likeness (QED) is 0.918. The minimum Gasteiger partial charge on any atom is -0.299 e. The van der Waals surface area contributed by atoms with Gasteiger partial charge >= 0.3 is 0 Å². The standard InChI is InChI=1S/C16H25N5/c1-3-21-12-15(9-18-21)11-20-6-4-5-14(10-20)7-16-13(2)8-17-19-16/h8-9,12,14H,3-7,10-11H2,1-2H3,(H,17,19)/t14-/m0/s1. The van der Waals surface area contributed by atoms with E-state index in [2.05, 4.69) is 40.2 Å². The highest BCUT2D eigenvalue weighted by molar-refractivity contribution is 5.14. The SMILES string of the molecule is CCn1cc(CN2CCC[C@@H](Cc3[nH]ncc3C)C2)cn1. The average molecular weight is 287 g/mol. The van der Waals surface area contributed by atoms with Crippen molar-refractivity contribution < 1.29 is 0 Å². The van der Waals surface area contributed by atoms with Crippen LogP contribution in [0.15, 0.2) is 18.6 Å². The monoisotopic (exact) mass is 287 g/mol. The fourth-order valence-electron chi connectivity index (χ4n) is 3.25. The molecule has 3 rings (SSSR count). The molecule has 5 heteroatoms. The largest absolute Gasteiger partial charge is 0.299 e. The van der Waals surface area contributed by atoms with Crippen molar-refractivity contribution in [3.8, 4) is 0 Å². The summed E-state index contributed by atoms with van der Waals surface area (Å²) in [5.74, 6) is 0.735. The molecule has 0 aromatic carbocycles.